The molecule has 2 aliphatic rings. The van der Waals surface area contributed by atoms with Crippen molar-refractivity contribution in [3.05, 3.63) is 11.9 Å². The first-order valence-electron chi connectivity index (χ1n) is 7.23. The zero-order valence-corrected chi connectivity index (χ0v) is 12.5. The third-order valence-corrected chi connectivity index (χ3v) is 3.95. The second kappa shape index (κ2) is 5.75. The Morgan fingerprint density at radius 1 is 1.40 bits per heavy atom. The number of nitrogens with zero attached hydrogens (tertiary/aromatic N) is 2. The highest BCUT2D eigenvalue weighted by molar-refractivity contribution is 6.04. The van der Waals surface area contributed by atoms with Gasteiger partial charge in [-0.1, -0.05) is 13.8 Å². The number of anilines is 2. The van der Waals surface area contributed by atoms with Crippen LogP contribution in [-0.4, -0.2) is 34.8 Å². The average Bonchev–Trinajstić information content (AvgIpc) is 2.33. The van der Waals surface area contributed by atoms with Gasteiger partial charge in [0.1, 0.15) is 18.0 Å². The Morgan fingerprint density at radius 2 is 2.05 bits per heavy atom. The minimum absolute atomic E-state index is 0.374. The summed E-state index contributed by atoms with van der Waals surface area (Å²) >= 11 is 0. The van der Waals surface area contributed by atoms with Crippen LogP contribution in [0.3, 0.4) is 0 Å². The maximum Gasteiger partial charge on any atom is 0.140 e. The minimum atomic E-state index is 0.374. The first-order valence-corrected chi connectivity index (χ1v) is 7.23. The van der Waals surface area contributed by atoms with Gasteiger partial charge < -0.3 is 21.8 Å². The van der Waals surface area contributed by atoms with E-state index in [0.29, 0.717) is 34.4 Å². The second-order valence-corrected chi connectivity index (χ2v) is 5.46. The number of rotatable bonds is 3. The SMILES string of the molecule is CC.CC(=N)c1c(N)ncnc1NC1CC2(CNC2)C1. The molecule has 5 N–H and O–H groups in total. The van der Waals surface area contributed by atoms with E-state index in [4.69, 9.17) is 11.1 Å². The Balaban J connectivity index is 0.000000704. The van der Waals surface area contributed by atoms with Crippen LogP contribution in [-0.2, 0) is 0 Å². The standard InChI is InChI=1S/C12H18N6.C2H6/c1-7(13)9-10(14)16-6-17-11(9)18-8-2-12(3-8)4-15-5-12;1-2/h6,8,13,15H,2-5H2,1H3,(H3,14,16,17,18);1-2H3. The fraction of sp³-hybridized carbons (Fsp3) is 0.643. The van der Waals surface area contributed by atoms with Crippen molar-refractivity contribution in [3.63, 3.8) is 0 Å². The van der Waals surface area contributed by atoms with Gasteiger partial charge in [0.05, 0.1) is 5.56 Å². The lowest BCUT2D eigenvalue weighted by atomic mass is 9.61. The average molecular weight is 276 g/mol. The smallest absolute Gasteiger partial charge is 0.140 e. The summed E-state index contributed by atoms with van der Waals surface area (Å²) in [7, 11) is 0. The molecule has 0 unspecified atom stereocenters. The van der Waals surface area contributed by atoms with Gasteiger partial charge in [-0.25, -0.2) is 9.97 Å². The number of nitrogens with two attached hydrogens (primary N) is 1. The lowest BCUT2D eigenvalue weighted by Gasteiger charge is -2.54. The molecule has 20 heavy (non-hydrogen) atoms. The van der Waals surface area contributed by atoms with E-state index in [1.54, 1.807) is 6.92 Å². The molecule has 0 radical (unpaired) electrons. The van der Waals surface area contributed by atoms with Gasteiger partial charge in [-0.15, -0.1) is 0 Å². The quantitative estimate of drug-likeness (QED) is 0.629. The summed E-state index contributed by atoms with van der Waals surface area (Å²) < 4.78 is 0. The van der Waals surface area contributed by atoms with E-state index >= 15 is 0 Å². The monoisotopic (exact) mass is 276 g/mol. The van der Waals surface area contributed by atoms with E-state index in [1.165, 1.54) is 19.2 Å². The van der Waals surface area contributed by atoms with E-state index in [9.17, 15) is 0 Å². The van der Waals surface area contributed by atoms with Crippen molar-refractivity contribution >= 4 is 17.3 Å². The molecule has 110 valence electrons. The van der Waals surface area contributed by atoms with Gasteiger partial charge in [-0.2, -0.15) is 0 Å². The summed E-state index contributed by atoms with van der Waals surface area (Å²) in [6, 6.07) is 0.444. The van der Waals surface area contributed by atoms with Crippen molar-refractivity contribution in [2.24, 2.45) is 5.41 Å². The summed E-state index contributed by atoms with van der Waals surface area (Å²) in [6.45, 7) is 7.97. The van der Waals surface area contributed by atoms with Gasteiger partial charge in [-0.05, 0) is 25.2 Å². The highest BCUT2D eigenvalue weighted by Crippen LogP contribution is 2.45. The van der Waals surface area contributed by atoms with E-state index in [-0.39, 0.29) is 0 Å². The van der Waals surface area contributed by atoms with Crippen LogP contribution in [0.1, 0.15) is 39.2 Å². The molecule has 6 nitrogen and oxygen atoms in total. The van der Waals surface area contributed by atoms with E-state index in [2.05, 4.69) is 20.6 Å². The summed E-state index contributed by atoms with van der Waals surface area (Å²) in [5, 5.41) is 14.5. The van der Waals surface area contributed by atoms with E-state index in [1.807, 2.05) is 13.8 Å². The molecule has 1 saturated carbocycles. The van der Waals surface area contributed by atoms with E-state index < -0.39 is 0 Å². The molecular formula is C14H24N6. The van der Waals surface area contributed by atoms with E-state index in [0.717, 1.165) is 13.1 Å². The van der Waals surface area contributed by atoms with Crippen molar-refractivity contribution in [3.8, 4) is 0 Å². The highest BCUT2D eigenvalue weighted by Gasteiger charge is 2.48. The fourth-order valence-corrected chi connectivity index (χ4v) is 2.93. The molecule has 0 bridgehead atoms. The summed E-state index contributed by atoms with van der Waals surface area (Å²) in [5.41, 5.74) is 7.36. The fourth-order valence-electron chi connectivity index (χ4n) is 2.93. The minimum Gasteiger partial charge on any atom is -0.383 e. The van der Waals surface area contributed by atoms with Crippen LogP contribution in [0.15, 0.2) is 6.33 Å². The molecule has 1 aromatic rings. The van der Waals surface area contributed by atoms with Crippen molar-refractivity contribution in [2.75, 3.05) is 24.1 Å². The molecule has 2 heterocycles. The predicted octanol–water partition coefficient (Wildman–Crippen LogP) is 1.64. The van der Waals surface area contributed by atoms with Crippen LogP contribution in [0.2, 0.25) is 0 Å². The molecule has 0 aromatic carbocycles. The largest absolute Gasteiger partial charge is 0.383 e. The maximum atomic E-state index is 7.75. The van der Waals surface area contributed by atoms with Crippen LogP contribution in [0, 0.1) is 10.8 Å². The zero-order chi connectivity index (χ0) is 14.8. The highest BCUT2D eigenvalue weighted by atomic mass is 15.1. The molecule has 1 aliphatic carbocycles. The Labute approximate surface area is 120 Å². The van der Waals surface area contributed by atoms with Crippen LogP contribution < -0.4 is 16.4 Å². The summed E-state index contributed by atoms with van der Waals surface area (Å²) in [4.78, 5) is 8.16. The van der Waals surface area contributed by atoms with Gasteiger partial charge >= 0.3 is 0 Å². The van der Waals surface area contributed by atoms with Gasteiger partial charge in [0.25, 0.3) is 0 Å². The van der Waals surface area contributed by atoms with Crippen LogP contribution >= 0.6 is 0 Å². The molecule has 1 aromatic heterocycles. The van der Waals surface area contributed by atoms with Crippen LogP contribution in [0.25, 0.3) is 0 Å². The Morgan fingerprint density at radius 3 is 2.55 bits per heavy atom. The van der Waals surface area contributed by atoms with Gasteiger partial charge in [0, 0.05) is 24.8 Å². The van der Waals surface area contributed by atoms with Crippen LogP contribution in [0.4, 0.5) is 11.6 Å². The lowest BCUT2D eigenvalue weighted by molar-refractivity contribution is 0.0469. The molecule has 1 spiro atoms. The molecule has 3 rings (SSSR count). The van der Waals surface area contributed by atoms with Crippen molar-refractivity contribution in [1.82, 2.24) is 15.3 Å². The number of nitrogens with one attached hydrogen (secondary N) is 3. The first-order chi connectivity index (χ1) is 9.60. The molecular weight excluding hydrogens is 252 g/mol. The first kappa shape index (κ1) is 14.7. The molecule has 1 aliphatic heterocycles. The lowest BCUT2D eigenvalue weighted by Crippen LogP contribution is -2.63. The third-order valence-electron chi connectivity index (χ3n) is 3.95. The Kier molecular flexibility index (Phi) is 4.23. The number of aromatic nitrogens is 2. The summed E-state index contributed by atoms with van der Waals surface area (Å²) in [5.74, 6) is 1.07. The van der Waals surface area contributed by atoms with Crippen molar-refractivity contribution in [1.29, 1.82) is 5.41 Å². The predicted molar refractivity (Wildman–Crippen MR) is 82.2 cm³/mol. The third kappa shape index (κ3) is 2.60. The molecule has 0 atom stereocenters. The molecule has 0 amide bonds. The van der Waals surface area contributed by atoms with Crippen molar-refractivity contribution < 1.29 is 0 Å². The molecule has 2 fully saturated rings. The normalized spacial score (nSPS) is 19.4. The van der Waals surface area contributed by atoms with Gasteiger partial charge in [-0.3, -0.25) is 0 Å². The Bertz CT molecular complexity index is 486. The number of nitrogen functional groups attached to an aromatic ring is 1. The second-order valence-electron chi connectivity index (χ2n) is 5.46. The molecule has 1 saturated heterocycles. The number of hydrogen-bond acceptors (Lipinski definition) is 6. The van der Waals surface area contributed by atoms with Crippen LogP contribution in [0.5, 0.6) is 0 Å². The topological polar surface area (TPSA) is 99.7 Å². The zero-order valence-electron chi connectivity index (χ0n) is 12.5. The Hall–Kier alpha value is -1.69. The molecule has 6 heteroatoms. The van der Waals surface area contributed by atoms with Gasteiger partial charge in [0.2, 0.25) is 0 Å². The van der Waals surface area contributed by atoms with Crippen molar-refractivity contribution in [2.45, 2.75) is 39.7 Å². The van der Waals surface area contributed by atoms with Gasteiger partial charge in [0.15, 0.2) is 0 Å². The maximum absolute atomic E-state index is 7.75. The summed E-state index contributed by atoms with van der Waals surface area (Å²) in [6.07, 6.45) is 3.78. The number of hydrogen-bond donors (Lipinski definition) is 4.